The summed E-state index contributed by atoms with van der Waals surface area (Å²) < 4.78 is 7.73. The minimum Gasteiger partial charge on any atom is -0.380 e. The van der Waals surface area contributed by atoms with Crippen LogP contribution in [-0.4, -0.2) is 23.8 Å². The van der Waals surface area contributed by atoms with E-state index < -0.39 is 0 Å². The molecular formula is C16H24N2O. The largest absolute Gasteiger partial charge is 0.380 e. The molecular weight excluding hydrogens is 236 g/mol. The predicted molar refractivity (Wildman–Crippen MR) is 80.4 cm³/mol. The third-order valence-corrected chi connectivity index (χ3v) is 3.56. The fourth-order valence-corrected chi connectivity index (χ4v) is 2.43. The molecule has 0 amide bonds. The average molecular weight is 260 g/mol. The number of hydrogen-bond donors (Lipinski definition) is 1. The van der Waals surface area contributed by atoms with Crippen molar-refractivity contribution in [2.45, 2.75) is 39.3 Å². The SMILES string of the molecule is CCOCCn1ccc2cccc(CC(N)CC)c21. The van der Waals surface area contributed by atoms with Crippen LogP contribution < -0.4 is 5.73 Å². The van der Waals surface area contributed by atoms with Crippen LogP contribution >= 0.6 is 0 Å². The third-order valence-electron chi connectivity index (χ3n) is 3.56. The number of para-hydroxylation sites is 1. The fourth-order valence-electron chi connectivity index (χ4n) is 2.43. The third kappa shape index (κ3) is 3.37. The fraction of sp³-hybridized carbons (Fsp3) is 0.500. The summed E-state index contributed by atoms with van der Waals surface area (Å²) in [5.74, 6) is 0. The molecule has 1 atom stereocenters. The number of hydrogen-bond acceptors (Lipinski definition) is 2. The van der Waals surface area contributed by atoms with Gasteiger partial charge in [-0.25, -0.2) is 0 Å². The summed E-state index contributed by atoms with van der Waals surface area (Å²) >= 11 is 0. The van der Waals surface area contributed by atoms with E-state index in [0.29, 0.717) is 0 Å². The number of nitrogens with zero attached hydrogens (tertiary/aromatic N) is 1. The lowest BCUT2D eigenvalue weighted by molar-refractivity contribution is 0.140. The smallest absolute Gasteiger partial charge is 0.0645 e. The lowest BCUT2D eigenvalue weighted by Crippen LogP contribution is -2.21. The van der Waals surface area contributed by atoms with Gasteiger partial charge in [-0.05, 0) is 36.8 Å². The van der Waals surface area contributed by atoms with Crippen LogP contribution in [0, 0.1) is 0 Å². The Bertz CT molecular complexity index is 518. The highest BCUT2D eigenvalue weighted by Gasteiger charge is 2.09. The maximum Gasteiger partial charge on any atom is 0.0645 e. The zero-order valence-electron chi connectivity index (χ0n) is 11.9. The molecule has 0 radical (unpaired) electrons. The van der Waals surface area contributed by atoms with Gasteiger partial charge in [-0.15, -0.1) is 0 Å². The van der Waals surface area contributed by atoms with Gasteiger partial charge in [0.1, 0.15) is 0 Å². The van der Waals surface area contributed by atoms with Crippen molar-refractivity contribution in [2.24, 2.45) is 5.73 Å². The number of nitrogens with two attached hydrogens (primary N) is 1. The number of aromatic nitrogens is 1. The lowest BCUT2D eigenvalue weighted by atomic mass is 10.0. The first-order chi connectivity index (χ1) is 9.26. The maximum atomic E-state index is 6.10. The zero-order chi connectivity index (χ0) is 13.7. The summed E-state index contributed by atoms with van der Waals surface area (Å²) in [7, 11) is 0. The van der Waals surface area contributed by atoms with Crippen molar-refractivity contribution in [3.63, 3.8) is 0 Å². The molecule has 1 aromatic carbocycles. The molecule has 19 heavy (non-hydrogen) atoms. The second-order valence-corrected chi connectivity index (χ2v) is 4.93. The van der Waals surface area contributed by atoms with Gasteiger partial charge in [-0.2, -0.15) is 0 Å². The summed E-state index contributed by atoms with van der Waals surface area (Å²) in [6.45, 7) is 6.59. The van der Waals surface area contributed by atoms with Crippen LogP contribution in [0.25, 0.3) is 10.9 Å². The summed E-state index contributed by atoms with van der Waals surface area (Å²) in [5, 5.41) is 1.29. The molecule has 0 bridgehead atoms. The summed E-state index contributed by atoms with van der Waals surface area (Å²) in [6, 6.07) is 8.87. The Kier molecular flexibility index (Phi) is 5.00. The van der Waals surface area contributed by atoms with E-state index in [1.807, 2.05) is 6.92 Å². The number of rotatable bonds is 7. The van der Waals surface area contributed by atoms with Crippen LogP contribution in [0.1, 0.15) is 25.8 Å². The zero-order valence-corrected chi connectivity index (χ0v) is 11.9. The van der Waals surface area contributed by atoms with E-state index in [1.165, 1.54) is 16.5 Å². The first-order valence-corrected chi connectivity index (χ1v) is 7.16. The first-order valence-electron chi connectivity index (χ1n) is 7.16. The molecule has 2 rings (SSSR count). The molecule has 0 saturated heterocycles. The quantitative estimate of drug-likeness (QED) is 0.777. The molecule has 3 heteroatoms. The molecule has 104 valence electrons. The minimum atomic E-state index is 0.237. The van der Waals surface area contributed by atoms with Crippen molar-refractivity contribution in [3.8, 4) is 0 Å². The molecule has 0 aliphatic carbocycles. The van der Waals surface area contributed by atoms with E-state index in [4.69, 9.17) is 10.5 Å². The van der Waals surface area contributed by atoms with Crippen molar-refractivity contribution in [3.05, 3.63) is 36.0 Å². The van der Waals surface area contributed by atoms with Gasteiger partial charge in [0.05, 0.1) is 12.1 Å². The number of fused-ring (bicyclic) bond motifs is 1. The van der Waals surface area contributed by atoms with Gasteiger partial charge in [-0.3, -0.25) is 0 Å². The van der Waals surface area contributed by atoms with Crippen LogP contribution in [-0.2, 0) is 17.7 Å². The predicted octanol–water partition coefficient (Wildman–Crippen LogP) is 2.96. The van der Waals surface area contributed by atoms with Crippen molar-refractivity contribution < 1.29 is 4.74 Å². The molecule has 3 nitrogen and oxygen atoms in total. The van der Waals surface area contributed by atoms with Crippen LogP contribution in [0.3, 0.4) is 0 Å². The Balaban J connectivity index is 2.27. The molecule has 0 spiro atoms. The molecule has 2 N–H and O–H groups in total. The topological polar surface area (TPSA) is 40.2 Å². The molecule has 2 aromatic rings. The van der Waals surface area contributed by atoms with Crippen molar-refractivity contribution in [1.82, 2.24) is 4.57 Å². The number of benzene rings is 1. The number of ether oxygens (including phenoxy) is 1. The van der Waals surface area contributed by atoms with Crippen LogP contribution in [0.2, 0.25) is 0 Å². The second kappa shape index (κ2) is 6.73. The van der Waals surface area contributed by atoms with Gasteiger partial charge in [0.2, 0.25) is 0 Å². The molecule has 1 heterocycles. The van der Waals surface area contributed by atoms with Crippen LogP contribution in [0.15, 0.2) is 30.5 Å². The van der Waals surface area contributed by atoms with Crippen molar-refractivity contribution >= 4 is 10.9 Å². The van der Waals surface area contributed by atoms with Gasteiger partial charge in [0.15, 0.2) is 0 Å². The van der Waals surface area contributed by atoms with E-state index in [-0.39, 0.29) is 6.04 Å². The van der Waals surface area contributed by atoms with Crippen LogP contribution in [0.4, 0.5) is 0 Å². The lowest BCUT2D eigenvalue weighted by Gasteiger charge is -2.13. The second-order valence-electron chi connectivity index (χ2n) is 4.93. The van der Waals surface area contributed by atoms with Gasteiger partial charge in [0.25, 0.3) is 0 Å². The van der Waals surface area contributed by atoms with Gasteiger partial charge < -0.3 is 15.0 Å². The first kappa shape index (κ1) is 14.1. The molecule has 0 fully saturated rings. The Morgan fingerprint density at radius 3 is 2.84 bits per heavy atom. The van der Waals surface area contributed by atoms with Crippen molar-refractivity contribution in [2.75, 3.05) is 13.2 Å². The highest BCUT2D eigenvalue weighted by molar-refractivity contribution is 5.83. The summed E-state index contributed by atoms with van der Waals surface area (Å²) in [6.07, 6.45) is 4.09. The Labute approximate surface area is 115 Å². The Hall–Kier alpha value is -1.32. The highest BCUT2D eigenvalue weighted by atomic mass is 16.5. The van der Waals surface area contributed by atoms with E-state index in [9.17, 15) is 0 Å². The van der Waals surface area contributed by atoms with E-state index in [1.54, 1.807) is 0 Å². The normalized spacial score (nSPS) is 13.0. The molecule has 0 saturated carbocycles. The van der Waals surface area contributed by atoms with E-state index >= 15 is 0 Å². The van der Waals surface area contributed by atoms with Gasteiger partial charge >= 0.3 is 0 Å². The minimum absolute atomic E-state index is 0.237. The van der Waals surface area contributed by atoms with Crippen molar-refractivity contribution in [1.29, 1.82) is 0 Å². The molecule has 0 aliphatic heterocycles. The van der Waals surface area contributed by atoms with E-state index in [2.05, 4.69) is 42.0 Å². The standard InChI is InChI=1S/C16H24N2O/c1-3-15(17)12-14-7-5-6-13-8-9-18(16(13)14)10-11-19-4-2/h5-9,15H,3-4,10-12,17H2,1-2H3. The molecule has 1 aromatic heterocycles. The van der Waals surface area contributed by atoms with Gasteiger partial charge in [0, 0.05) is 25.4 Å². The monoisotopic (exact) mass is 260 g/mol. The van der Waals surface area contributed by atoms with E-state index in [0.717, 1.165) is 32.6 Å². The highest BCUT2D eigenvalue weighted by Crippen LogP contribution is 2.21. The maximum absolute atomic E-state index is 6.10. The summed E-state index contributed by atoms with van der Waals surface area (Å²) in [5.41, 5.74) is 8.75. The molecule has 0 aliphatic rings. The Morgan fingerprint density at radius 2 is 2.11 bits per heavy atom. The summed E-state index contributed by atoms with van der Waals surface area (Å²) in [4.78, 5) is 0. The average Bonchev–Trinajstić information content (AvgIpc) is 2.83. The van der Waals surface area contributed by atoms with Gasteiger partial charge in [-0.1, -0.05) is 25.1 Å². The Morgan fingerprint density at radius 1 is 1.26 bits per heavy atom. The molecule has 1 unspecified atom stereocenters. The van der Waals surface area contributed by atoms with Crippen LogP contribution in [0.5, 0.6) is 0 Å².